The van der Waals surface area contributed by atoms with Crippen molar-refractivity contribution in [2.75, 3.05) is 11.9 Å². The van der Waals surface area contributed by atoms with Crippen molar-refractivity contribution in [1.29, 1.82) is 0 Å². The van der Waals surface area contributed by atoms with Gasteiger partial charge in [-0.3, -0.25) is 0 Å². The summed E-state index contributed by atoms with van der Waals surface area (Å²) in [6.45, 7) is 1.91. The van der Waals surface area contributed by atoms with Crippen molar-refractivity contribution in [1.82, 2.24) is 0 Å². The van der Waals surface area contributed by atoms with Crippen molar-refractivity contribution in [3.8, 4) is 0 Å². The highest BCUT2D eigenvalue weighted by molar-refractivity contribution is 7.90. The Morgan fingerprint density at radius 3 is 1.92 bits per heavy atom. The van der Waals surface area contributed by atoms with Crippen molar-refractivity contribution in [2.45, 2.75) is 11.8 Å². The maximum absolute atomic E-state index is 12.8. The lowest BCUT2D eigenvalue weighted by Gasteiger charge is -2.21. The molecule has 3 aromatic rings. The van der Waals surface area contributed by atoms with Crippen molar-refractivity contribution in [3.05, 3.63) is 96.1 Å². The number of amidine groups is 1. The largest absolute Gasteiger partial charge is 0.328 e. The molecule has 0 N–H and O–H groups in total. The highest BCUT2D eigenvalue weighted by atomic mass is 32.2. The molecule has 0 aromatic heterocycles. The van der Waals surface area contributed by atoms with E-state index in [0.717, 1.165) is 16.8 Å². The minimum atomic E-state index is -3.83. The summed E-state index contributed by atoms with van der Waals surface area (Å²) in [5, 5.41) is 0. The summed E-state index contributed by atoms with van der Waals surface area (Å²) in [6.07, 6.45) is 0. The quantitative estimate of drug-likeness (QED) is 0.513. The molecule has 3 aromatic carbocycles. The van der Waals surface area contributed by atoms with Gasteiger partial charge in [-0.15, -0.1) is 4.40 Å². The second-order valence-electron chi connectivity index (χ2n) is 5.96. The molecule has 0 aliphatic heterocycles. The van der Waals surface area contributed by atoms with Crippen LogP contribution in [0.5, 0.6) is 0 Å². The molecule has 0 heterocycles. The van der Waals surface area contributed by atoms with Gasteiger partial charge in [0.15, 0.2) is 5.84 Å². The maximum atomic E-state index is 12.8. The molecule has 0 unspecified atom stereocenters. The van der Waals surface area contributed by atoms with Gasteiger partial charge in [0.2, 0.25) is 0 Å². The monoisotopic (exact) mass is 364 g/mol. The minimum absolute atomic E-state index is 0.179. The topological polar surface area (TPSA) is 49.7 Å². The molecule has 132 valence electrons. The molecule has 26 heavy (non-hydrogen) atoms. The molecule has 5 heteroatoms. The number of benzene rings is 3. The van der Waals surface area contributed by atoms with Gasteiger partial charge < -0.3 is 4.90 Å². The van der Waals surface area contributed by atoms with Crippen LogP contribution < -0.4 is 4.90 Å². The highest BCUT2D eigenvalue weighted by Crippen LogP contribution is 2.19. The van der Waals surface area contributed by atoms with Gasteiger partial charge in [-0.1, -0.05) is 66.2 Å². The van der Waals surface area contributed by atoms with Gasteiger partial charge in [0, 0.05) is 18.3 Å². The average Bonchev–Trinajstić information content (AvgIpc) is 2.67. The number of aryl methyl sites for hydroxylation is 1. The second-order valence-corrected chi connectivity index (χ2v) is 7.57. The molecule has 3 rings (SSSR count). The van der Waals surface area contributed by atoms with Crippen LogP contribution in [0.1, 0.15) is 11.1 Å². The summed E-state index contributed by atoms with van der Waals surface area (Å²) < 4.78 is 29.9. The number of nitrogens with zero attached hydrogens (tertiary/aromatic N) is 2. The lowest BCUT2D eigenvalue weighted by atomic mass is 10.2. The van der Waals surface area contributed by atoms with Crippen LogP contribution in [0.2, 0.25) is 0 Å². The fourth-order valence-electron chi connectivity index (χ4n) is 2.55. The zero-order valence-electron chi connectivity index (χ0n) is 14.7. The van der Waals surface area contributed by atoms with Gasteiger partial charge in [0.25, 0.3) is 10.0 Å². The Morgan fingerprint density at radius 2 is 1.35 bits per heavy atom. The van der Waals surface area contributed by atoms with Crippen LogP contribution in [0.4, 0.5) is 5.69 Å². The van der Waals surface area contributed by atoms with Crippen LogP contribution in [-0.2, 0) is 10.0 Å². The van der Waals surface area contributed by atoms with Crippen molar-refractivity contribution < 1.29 is 8.42 Å². The van der Waals surface area contributed by atoms with Gasteiger partial charge in [-0.05, 0) is 31.2 Å². The summed E-state index contributed by atoms with van der Waals surface area (Å²) in [6, 6.07) is 25.6. The van der Waals surface area contributed by atoms with Crippen LogP contribution >= 0.6 is 0 Å². The number of rotatable bonds is 4. The molecule has 0 aliphatic carbocycles. The van der Waals surface area contributed by atoms with Crippen LogP contribution in [0.15, 0.2) is 94.2 Å². The molecule has 0 amide bonds. The molecule has 4 nitrogen and oxygen atoms in total. The predicted octanol–water partition coefficient (Wildman–Crippen LogP) is 4.27. The summed E-state index contributed by atoms with van der Waals surface area (Å²) in [5.74, 6) is 0.373. The standard InChI is InChI=1S/C21H20N2O2S/c1-17-13-15-20(16-14-17)26(24,25)22-21(18-9-5-3-6-10-18)23(2)19-11-7-4-8-12-19/h3-16H,1-2H3. The van der Waals surface area contributed by atoms with Gasteiger partial charge in [-0.2, -0.15) is 8.42 Å². The second kappa shape index (κ2) is 7.54. The Labute approximate surface area is 154 Å². The third-order valence-corrected chi connectivity index (χ3v) is 5.30. The first-order chi connectivity index (χ1) is 12.5. The highest BCUT2D eigenvalue weighted by Gasteiger charge is 2.18. The lowest BCUT2D eigenvalue weighted by molar-refractivity contribution is 0.598. The van der Waals surface area contributed by atoms with E-state index in [-0.39, 0.29) is 4.90 Å². The van der Waals surface area contributed by atoms with Crippen LogP contribution in [0.25, 0.3) is 0 Å². The van der Waals surface area contributed by atoms with E-state index in [9.17, 15) is 8.42 Å². The number of para-hydroxylation sites is 1. The van der Waals surface area contributed by atoms with Gasteiger partial charge >= 0.3 is 0 Å². The van der Waals surface area contributed by atoms with Gasteiger partial charge in [0.05, 0.1) is 4.90 Å². The average molecular weight is 364 g/mol. The fraction of sp³-hybridized carbons (Fsp3) is 0.0952. The van der Waals surface area contributed by atoms with Crippen molar-refractivity contribution >= 4 is 21.5 Å². The molecule has 0 saturated carbocycles. The summed E-state index contributed by atoms with van der Waals surface area (Å²) in [4.78, 5) is 1.96. The third-order valence-electron chi connectivity index (χ3n) is 4.02. The zero-order valence-corrected chi connectivity index (χ0v) is 15.5. The van der Waals surface area contributed by atoms with Crippen LogP contribution in [0.3, 0.4) is 0 Å². The number of sulfonamides is 1. The molecule has 0 radical (unpaired) electrons. The summed E-state index contributed by atoms with van der Waals surface area (Å²) >= 11 is 0. The van der Waals surface area contributed by atoms with Crippen molar-refractivity contribution in [2.24, 2.45) is 4.40 Å². The molecule has 0 saturated heterocycles. The van der Waals surface area contributed by atoms with E-state index in [2.05, 4.69) is 4.40 Å². The molecule has 0 aliphatic rings. The predicted molar refractivity (Wildman–Crippen MR) is 106 cm³/mol. The first-order valence-corrected chi connectivity index (χ1v) is 9.67. The van der Waals surface area contributed by atoms with Gasteiger partial charge in [-0.25, -0.2) is 0 Å². The van der Waals surface area contributed by atoms with Crippen LogP contribution in [-0.4, -0.2) is 21.3 Å². The van der Waals surface area contributed by atoms with E-state index in [1.54, 1.807) is 29.2 Å². The Morgan fingerprint density at radius 1 is 0.808 bits per heavy atom. The molecule has 0 fully saturated rings. The number of hydrogen-bond acceptors (Lipinski definition) is 2. The minimum Gasteiger partial charge on any atom is -0.328 e. The van der Waals surface area contributed by atoms with E-state index in [4.69, 9.17) is 0 Å². The Bertz CT molecular complexity index is 997. The van der Waals surface area contributed by atoms with E-state index in [0.29, 0.717) is 5.84 Å². The number of hydrogen-bond donors (Lipinski definition) is 0. The third kappa shape index (κ3) is 4.00. The zero-order chi connectivity index (χ0) is 18.6. The first kappa shape index (κ1) is 17.9. The molecular formula is C21H20N2O2S. The van der Waals surface area contributed by atoms with E-state index in [1.165, 1.54) is 0 Å². The van der Waals surface area contributed by atoms with Gasteiger partial charge in [0.1, 0.15) is 0 Å². The van der Waals surface area contributed by atoms with E-state index in [1.807, 2.05) is 74.6 Å². The summed E-state index contributed by atoms with van der Waals surface area (Å²) in [5.41, 5.74) is 2.58. The first-order valence-electron chi connectivity index (χ1n) is 8.23. The number of anilines is 1. The van der Waals surface area contributed by atoms with E-state index < -0.39 is 10.0 Å². The Kier molecular flexibility index (Phi) is 5.19. The van der Waals surface area contributed by atoms with E-state index >= 15 is 0 Å². The normalized spacial score (nSPS) is 12.0. The lowest BCUT2D eigenvalue weighted by Crippen LogP contribution is -2.28. The fourth-order valence-corrected chi connectivity index (χ4v) is 3.59. The molecule has 0 atom stereocenters. The molecule has 0 bridgehead atoms. The molecular weight excluding hydrogens is 344 g/mol. The van der Waals surface area contributed by atoms with Crippen molar-refractivity contribution in [3.63, 3.8) is 0 Å². The molecule has 0 spiro atoms. The SMILES string of the molecule is Cc1ccc(S(=O)(=O)N=C(c2ccccc2)N(C)c2ccccc2)cc1. The van der Waals surface area contributed by atoms with Crippen LogP contribution in [0, 0.1) is 6.92 Å². The summed E-state index contributed by atoms with van der Waals surface area (Å²) in [7, 11) is -2.02. The maximum Gasteiger partial charge on any atom is 0.284 e. The Hall–Kier alpha value is -2.92. The smallest absolute Gasteiger partial charge is 0.284 e. The Balaban J connectivity index is 2.11.